The van der Waals surface area contributed by atoms with E-state index < -0.39 is 5.82 Å². The van der Waals surface area contributed by atoms with Crippen LogP contribution in [0, 0.1) is 5.82 Å². The number of ether oxygens (including phenoxy) is 1. The number of benzene rings is 2. The van der Waals surface area contributed by atoms with Crippen molar-refractivity contribution in [2.75, 3.05) is 25.6 Å². The molecule has 1 heterocycles. The fourth-order valence-electron chi connectivity index (χ4n) is 2.20. The zero-order chi connectivity index (χ0) is 23.2. The van der Waals surface area contributed by atoms with E-state index in [0.29, 0.717) is 30.2 Å². The smallest absolute Gasteiger partial charge is 0.182 e. The summed E-state index contributed by atoms with van der Waals surface area (Å²) in [5.74, 6) is -0.665. The standard InChI is InChI=1S/C14H7BrClFN2O2.C5H11NO2.C2H6/c15-8-1-2-10(9(16)4-8)19-13-7(5-20)3-11-14(12(13)17)18-6-21-11;1-3-7-4-5-8-6-2;1-2/h1-6,19H;3,6H,1,4-5H2,2H3;1-2H3. The van der Waals surface area contributed by atoms with E-state index in [1.165, 1.54) is 12.3 Å². The zero-order valence-electron chi connectivity index (χ0n) is 17.4. The van der Waals surface area contributed by atoms with E-state index >= 15 is 0 Å². The number of fused-ring (bicyclic) bond motifs is 1. The Morgan fingerprint density at radius 2 is 2.06 bits per heavy atom. The molecule has 2 aromatic carbocycles. The number of hydroxylamine groups is 1. The van der Waals surface area contributed by atoms with Crippen molar-refractivity contribution < 1.29 is 23.2 Å². The Morgan fingerprint density at radius 1 is 1.32 bits per heavy atom. The molecular weight excluding hydrogens is 493 g/mol. The van der Waals surface area contributed by atoms with Crippen molar-refractivity contribution in [1.82, 2.24) is 10.5 Å². The SMILES string of the molecule is C=COCCONC.CC.O=Cc1cc2ocnc2c(F)c1Nc1ccc(Br)cc1Cl. The number of halogens is 3. The van der Waals surface area contributed by atoms with E-state index in [1.807, 2.05) is 13.8 Å². The summed E-state index contributed by atoms with van der Waals surface area (Å²) in [7, 11) is 1.70. The molecule has 0 fully saturated rings. The average Bonchev–Trinajstić information content (AvgIpc) is 3.25. The predicted molar refractivity (Wildman–Crippen MR) is 124 cm³/mol. The number of aromatic nitrogens is 1. The molecule has 0 bridgehead atoms. The minimum absolute atomic E-state index is 0.00984. The van der Waals surface area contributed by atoms with Crippen LogP contribution in [0.3, 0.4) is 0 Å². The summed E-state index contributed by atoms with van der Waals surface area (Å²) < 4.78 is 25.0. The van der Waals surface area contributed by atoms with Gasteiger partial charge in [0.15, 0.2) is 24.1 Å². The number of carbonyl (C=O) groups is 1. The summed E-state index contributed by atoms with van der Waals surface area (Å²) in [5.41, 5.74) is 3.38. The van der Waals surface area contributed by atoms with E-state index in [9.17, 15) is 9.18 Å². The molecule has 0 saturated heterocycles. The first-order chi connectivity index (χ1) is 15.0. The maximum absolute atomic E-state index is 14.5. The van der Waals surface area contributed by atoms with Gasteiger partial charge in [-0.3, -0.25) is 9.63 Å². The third-order valence-corrected chi connectivity index (χ3v) is 4.29. The molecule has 3 rings (SSSR count). The van der Waals surface area contributed by atoms with Gasteiger partial charge in [0, 0.05) is 17.1 Å². The average molecular weight is 517 g/mol. The van der Waals surface area contributed by atoms with Crippen LogP contribution in [0.15, 0.2) is 52.4 Å². The minimum Gasteiger partial charge on any atom is -0.499 e. The lowest BCUT2D eigenvalue weighted by molar-refractivity contribution is 0.0276. The van der Waals surface area contributed by atoms with Gasteiger partial charge in [-0.05, 0) is 24.3 Å². The Labute approximate surface area is 193 Å². The summed E-state index contributed by atoms with van der Waals surface area (Å²) in [6.45, 7) is 8.45. The van der Waals surface area contributed by atoms with Crippen molar-refractivity contribution in [3.63, 3.8) is 0 Å². The third-order valence-electron chi connectivity index (χ3n) is 3.48. The van der Waals surface area contributed by atoms with Gasteiger partial charge in [-0.25, -0.2) is 14.9 Å². The maximum Gasteiger partial charge on any atom is 0.182 e. The third kappa shape index (κ3) is 7.95. The number of hydrogen-bond donors (Lipinski definition) is 2. The maximum atomic E-state index is 14.5. The highest BCUT2D eigenvalue weighted by atomic mass is 79.9. The van der Waals surface area contributed by atoms with E-state index in [-0.39, 0.29) is 22.4 Å². The Balaban J connectivity index is 0.000000409. The molecule has 168 valence electrons. The normalized spacial score (nSPS) is 9.74. The first kappa shape index (κ1) is 26.6. The molecule has 2 N–H and O–H groups in total. The Kier molecular flexibility index (Phi) is 12.5. The number of rotatable bonds is 8. The highest BCUT2D eigenvalue weighted by Gasteiger charge is 2.17. The van der Waals surface area contributed by atoms with Crippen molar-refractivity contribution in [2.45, 2.75) is 13.8 Å². The second-order valence-electron chi connectivity index (χ2n) is 5.31. The summed E-state index contributed by atoms with van der Waals surface area (Å²) >= 11 is 9.37. The van der Waals surface area contributed by atoms with E-state index in [1.54, 1.807) is 25.2 Å². The number of carbonyl (C=O) groups excluding carboxylic acids is 1. The predicted octanol–water partition coefficient (Wildman–Crippen LogP) is 6.26. The largest absolute Gasteiger partial charge is 0.499 e. The molecular formula is C21H24BrClFN3O4. The molecule has 1 aromatic heterocycles. The quantitative estimate of drug-likeness (QED) is 0.158. The summed E-state index contributed by atoms with van der Waals surface area (Å²) in [5, 5.41) is 3.22. The fraction of sp³-hybridized carbons (Fsp3) is 0.238. The van der Waals surface area contributed by atoms with Crippen molar-refractivity contribution >= 4 is 56.3 Å². The van der Waals surface area contributed by atoms with Gasteiger partial charge in [-0.15, -0.1) is 0 Å². The summed E-state index contributed by atoms with van der Waals surface area (Å²) in [6.07, 6.45) is 3.05. The molecule has 0 aliphatic rings. The van der Waals surface area contributed by atoms with Crippen molar-refractivity contribution in [3.8, 4) is 0 Å². The number of nitrogens with zero attached hydrogens (tertiary/aromatic N) is 1. The lowest BCUT2D eigenvalue weighted by atomic mass is 10.1. The Bertz CT molecular complexity index is 985. The summed E-state index contributed by atoms with van der Waals surface area (Å²) in [4.78, 5) is 19.7. The van der Waals surface area contributed by atoms with Crippen molar-refractivity contribution in [3.05, 3.63) is 64.4 Å². The molecule has 0 aliphatic carbocycles. The lowest BCUT2D eigenvalue weighted by Crippen LogP contribution is -2.11. The molecule has 0 atom stereocenters. The number of oxazole rings is 1. The molecule has 7 nitrogen and oxygen atoms in total. The van der Waals surface area contributed by atoms with Gasteiger partial charge >= 0.3 is 0 Å². The van der Waals surface area contributed by atoms with Gasteiger partial charge in [0.1, 0.15) is 18.7 Å². The molecule has 0 radical (unpaired) electrons. The van der Waals surface area contributed by atoms with Crippen LogP contribution in [0.2, 0.25) is 5.02 Å². The Hall–Kier alpha value is -2.46. The molecule has 10 heteroatoms. The van der Waals surface area contributed by atoms with E-state index in [2.05, 4.69) is 38.3 Å². The highest BCUT2D eigenvalue weighted by molar-refractivity contribution is 9.10. The van der Waals surface area contributed by atoms with Crippen LogP contribution in [0.4, 0.5) is 15.8 Å². The van der Waals surface area contributed by atoms with Crippen LogP contribution in [0.1, 0.15) is 24.2 Å². The van der Waals surface area contributed by atoms with Gasteiger partial charge in [-0.1, -0.05) is 48.0 Å². The number of aldehydes is 1. The Morgan fingerprint density at radius 3 is 2.68 bits per heavy atom. The highest BCUT2D eigenvalue weighted by Crippen LogP contribution is 2.33. The van der Waals surface area contributed by atoms with E-state index in [0.717, 1.165) is 10.9 Å². The first-order valence-corrected chi connectivity index (χ1v) is 10.4. The van der Waals surface area contributed by atoms with Crippen molar-refractivity contribution in [1.29, 1.82) is 0 Å². The van der Waals surface area contributed by atoms with Crippen LogP contribution in [0.25, 0.3) is 11.1 Å². The van der Waals surface area contributed by atoms with Gasteiger partial charge in [0.2, 0.25) is 0 Å². The molecule has 0 amide bonds. The van der Waals surface area contributed by atoms with Gasteiger partial charge < -0.3 is 14.5 Å². The molecule has 0 spiro atoms. The van der Waals surface area contributed by atoms with Gasteiger partial charge in [0.25, 0.3) is 0 Å². The van der Waals surface area contributed by atoms with Gasteiger partial charge in [-0.2, -0.15) is 0 Å². The van der Waals surface area contributed by atoms with Crippen LogP contribution in [-0.4, -0.2) is 31.5 Å². The topological polar surface area (TPSA) is 85.6 Å². The molecule has 0 aliphatic heterocycles. The number of nitrogens with one attached hydrogen (secondary N) is 2. The van der Waals surface area contributed by atoms with Crippen LogP contribution in [0.5, 0.6) is 0 Å². The number of anilines is 2. The van der Waals surface area contributed by atoms with Crippen molar-refractivity contribution in [2.24, 2.45) is 0 Å². The van der Waals surface area contributed by atoms with E-state index in [4.69, 9.17) is 25.6 Å². The van der Waals surface area contributed by atoms with Crippen LogP contribution >= 0.6 is 27.5 Å². The fourth-order valence-corrected chi connectivity index (χ4v) is 2.92. The lowest BCUT2D eigenvalue weighted by Gasteiger charge is -2.11. The van der Waals surface area contributed by atoms with Crippen LogP contribution < -0.4 is 10.8 Å². The molecule has 0 saturated carbocycles. The zero-order valence-corrected chi connectivity index (χ0v) is 19.7. The van der Waals surface area contributed by atoms with Crippen LogP contribution in [-0.2, 0) is 9.57 Å². The minimum atomic E-state index is -0.665. The molecule has 0 unspecified atom stereocenters. The molecule has 31 heavy (non-hydrogen) atoms. The summed E-state index contributed by atoms with van der Waals surface area (Å²) in [6, 6.07) is 6.51. The van der Waals surface area contributed by atoms with Gasteiger partial charge in [0.05, 0.1) is 22.7 Å². The molecule has 3 aromatic rings. The second kappa shape index (κ2) is 14.5. The second-order valence-corrected chi connectivity index (χ2v) is 6.63. The monoisotopic (exact) mass is 515 g/mol. The number of hydrogen-bond acceptors (Lipinski definition) is 7. The first-order valence-electron chi connectivity index (χ1n) is 9.25.